The average molecular weight is 418 g/mol. The normalized spacial score (nSPS) is 22.2. The molecule has 2 aliphatic heterocycles. The second kappa shape index (κ2) is 7.48. The van der Waals surface area contributed by atoms with Gasteiger partial charge in [-0.05, 0) is 48.5 Å². The van der Waals surface area contributed by atoms with Gasteiger partial charge in [0.2, 0.25) is 0 Å². The standard InChI is InChI=1S/C19H19N3O4S2/c1-26-15-8-6-13(7-9-15)20-18(23)12-2-4-14(5-3-12)21-19-22-16-10-28(24,25)11-17(16)27-19/h2-9,16-17H,10-11H2,1H3,(H,20,23)(H,21,22)/t16-,17-/m0/s1. The highest BCUT2D eigenvalue weighted by Gasteiger charge is 2.42. The smallest absolute Gasteiger partial charge is 0.255 e. The molecule has 2 aliphatic rings. The van der Waals surface area contributed by atoms with Crippen molar-refractivity contribution in [1.29, 1.82) is 0 Å². The lowest BCUT2D eigenvalue weighted by Crippen LogP contribution is -2.13. The van der Waals surface area contributed by atoms with Crippen LogP contribution in [0.25, 0.3) is 0 Å². The first-order valence-electron chi connectivity index (χ1n) is 8.69. The van der Waals surface area contributed by atoms with Gasteiger partial charge in [-0.15, -0.1) is 0 Å². The third-order valence-electron chi connectivity index (χ3n) is 4.56. The van der Waals surface area contributed by atoms with Gasteiger partial charge in [0.05, 0.1) is 24.7 Å². The molecule has 2 atom stereocenters. The van der Waals surface area contributed by atoms with Crippen molar-refractivity contribution in [3.8, 4) is 5.75 Å². The molecule has 0 radical (unpaired) electrons. The number of hydrogen-bond donors (Lipinski definition) is 2. The van der Waals surface area contributed by atoms with E-state index in [9.17, 15) is 13.2 Å². The molecule has 146 valence electrons. The number of nitrogens with zero attached hydrogens (tertiary/aromatic N) is 1. The van der Waals surface area contributed by atoms with Crippen LogP contribution < -0.4 is 15.4 Å². The molecule has 0 saturated carbocycles. The first-order chi connectivity index (χ1) is 13.4. The number of carbonyl (C=O) groups excluding carboxylic acids is 1. The minimum atomic E-state index is -2.95. The van der Waals surface area contributed by atoms with Gasteiger partial charge in [0.25, 0.3) is 5.91 Å². The van der Waals surface area contributed by atoms with Crippen LogP contribution in [0.3, 0.4) is 0 Å². The first kappa shape index (κ1) is 18.8. The van der Waals surface area contributed by atoms with E-state index >= 15 is 0 Å². The Kier molecular flexibility index (Phi) is 5.03. The number of hydrogen-bond acceptors (Lipinski definition) is 7. The topological polar surface area (TPSA) is 96.9 Å². The zero-order chi connectivity index (χ0) is 19.7. The zero-order valence-corrected chi connectivity index (χ0v) is 16.7. The number of rotatable bonds is 4. The van der Waals surface area contributed by atoms with Crippen LogP contribution in [0.15, 0.2) is 53.5 Å². The number of ether oxygens (including phenoxy) is 1. The largest absolute Gasteiger partial charge is 0.497 e. The molecule has 0 unspecified atom stereocenters. The Morgan fingerprint density at radius 2 is 1.75 bits per heavy atom. The second-order valence-corrected chi connectivity index (χ2v) is 10.0. The Hall–Kier alpha value is -2.52. The average Bonchev–Trinajstić information content (AvgIpc) is 3.15. The van der Waals surface area contributed by atoms with E-state index < -0.39 is 9.84 Å². The third kappa shape index (κ3) is 4.15. The van der Waals surface area contributed by atoms with Gasteiger partial charge in [0.1, 0.15) is 5.75 Å². The summed E-state index contributed by atoms with van der Waals surface area (Å²) in [5.74, 6) is 0.828. The highest BCUT2D eigenvalue weighted by atomic mass is 32.2. The quantitative estimate of drug-likeness (QED) is 0.794. The van der Waals surface area contributed by atoms with Crippen LogP contribution in [-0.4, -0.2) is 49.4 Å². The number of nitrogens with one attached hydrogen (secondary N) is 2. The van der Waals surface area contributed by atoms with Crippen molar-refractivity contribution in [1.82, 2.24) is 0 Å². The summed E-state index contributed by atoms with van der Waals surface area (Å²) in [4.78, 5) is 16.8. The molecule has 0 aromatic heterocycles. The molecule has 2 aromatic rings. The fourth-order valence-corrected chi connectivity index (χ4v) is 6.80. The number of thioether (sulfide) groups is 1. The van der Waals surface area contributed by atoms with E-state index in [2.05, 4.69) is 15.6 Å². The summed E-state index contributed by atoms with van der Waals surface area (Å²) in [6.07, 6.45) is 0. The number of amidine groups is 1. The molecule has 4 rings (SSSR count). The molecule has 2 heterocycles. The minimum absolute atomic E-state index is 0.00190. The van der Waals surface area contributed by atoms with Crippen molar-refractivity contribution in [3.63, 3.8) is 0 Å². The third-order valence-corrected chi connectivity index (χ3v) is 7.71. The van der Waals surface area contributed by atoms with Crippen LogP contribution in [0, 0.1) is 0 Å². The predicted octanol–water partition coefficient (Wildman–Crippen LogP) is 2.63. The fraction of sp³-hybridized carbons (Fsp3) is 0.263. The van der Waals surface area contributed by atoms with E-state index in [0.29, 0.717) is 11.3 Å². The summed E-state index contributed by atoms with van der Waals surface area (Å²) in [6.45, 7) is 0. The maximum absolute atomic E-state index is 12.4. The number of carbonyl (C=O) groups is 1. The maximum Gasteiger partial charge on any atom is 0.255 e. The highest BCUT2D eigenvalue weighted by molar-refractivity contribution is 8.15. The lowest BCUT2D eigenvalue weighted by Gasteiger charge is -2.09. The van der Waals surface area contributed by atoms with Crippen molar-refractivity contribution >= 4 is 44.0 Å². The van der Waals surface area contributed by atoms with Gasteiger partial charge in [0.15, 0.2) is 15.0 Å². The Labute approximate surface area is 167 Å². The van der Waals surface area contributed by atoms with E-state index in [0.717, 1.165) is 16.6 Å². The monoisotopic (exact) mass is 417 g/mol. The van der Waals surface area contributed by atoms with Crippen molar-refractivity contribution in [2.75, 3.05) is 29.2 Å². The summed E-state index contributed by atoms with van der Waals surface area (Å²) in [5.41, 5.74) is 2.02. The molecule has 9 heteroatoms. The van der Waals surface area contributed by atoms with Crippen LogP contribution in [-0.2, 0) is 9.84 Å². The number of methoxy groups -OCH3 is 1. The molecule has 0 aliphatic carbocycles. The number of benzene rings is 2. The van der Waals surface area contributed by atoms with Crippen LogP contribution in [0.4, 0.5) is 11.4 Å². The lowest BCUT2D eigenvalue weighted by atomic mass is 10.2. The van der Waals surface area contributed by atoms with Crippen LogP contribution in [0.5, 0.6) is 5.75 Å². The molecular weight excluding hydrogens is 398 g/mol. The molecule has 7 nitrogen and oxygen atoms in total. The van der Waals surface area contributed by atoms with E-state index in [1.54, 1.807) is 55.6 Å². The van der Waals surface area contributed by atoms with Gasteiger partial charge in [-0.2, -0.15) is 0 Å². The Morgan fingerprint density at radius 3 is 2.39 bits per heavy atom. The highest BCUT2D eigenvalue weighted by Crippen LogP contribution is 2.34. The second-order valence-electron chi connectivity index (χ2n) is 6.62. The van der Waals surface area contributed by atoms with E-state index in [1.165, 1.54) is 11.8 Å². The van der Waals surface area contributed by atoms with Crippen molar-refractivity contribution in [3.05, 3.63) is 54.1 Å². The Bertz CT molecular complexity index is 1020. The van der Waals surface area contributed by atoms with E-state index in [1.807, 2.05) is 0 Å². The number of aliphatic imine (C=N–C) groups is 1. The van der Waals surface area contributed by atoms with Gasteiger partial charge in [-0.25, -0.2) is 8.42 Å². The lowest BCUT2D eigenvalue weighted by molar-refractivity contribution is 0.102. The molecule has 1 amide bonds. The summed E-state index contributed by atoms with van der Waals surface area (Å²) < 4.78 is 28.4. The van der Waals surface area contributed by atoms with Gasteiger partial charge < -0.3 is 15.4 Å². The fourth-order valence-electron chi connectivity index (χ4n) is 3.12. The van der Waals surface area contributed by atoms with Crippen LogP contribution in [0.1, 0.15) is 10.4 Å². The Balaban J connectivity index is 1.37. The van der Waals surface area contributed by atoms with Gasteiger partial charge >= 0.3 is 0 Å². The first-order valence-corrected chi connectivity index (χ1v) is 11.4. The molecule has 1 fully saturated rings. The van der Waals surface area contributed by atoms with Gasteiger partial charge in [-0.1, -0.05) is 11.8 Å². The predicted molar refractivity (Wildman–Crippen MR) is 112 cm³/mol. The van der Waals surface area contributed by atoms with Crippen molar-refractivity contribution < 1.29 is 17.9 Å². The van der Waals surface area contributed by atoms with Gasteiger partial charge in [0, 0.05) is 22.2 Å². The molecule has 2 aromatic carbocycles. The molecule has 0 spiro atoms. The van der Waals surface area contributed by atoms with Gasteiger partial charge in [-0.3, -0.25) is 9.79 Å². The number of amides is 1. The van der Waals surface area contributed by atoms with Crippen molar-refractivity contribution in [2.24, 2.45) is 4.99 Å². The zero-order valence-electron chi connectivity index (χ0n) is 15.1. The van der Waals surface area contributed by atoms with E-state index in [-0.39, 0.29) is 28.7 Å². The number of fused-ring (bicyclic) bond motifs is 1. The summed E-state index contributed by atoms with van der Waals surface area (Å²) >= 11 is 1.46. The molecule has 1 saturated heterocycles. The Morgan fingerprint density at radius 1 is 1.07 bits per heavy atom. The summed E-state index contributed by atoms with van der Waals surface area (Å²) in [5, 5.41) is 6.76. The van der Waals surface area contributed by atoms with E-state index in [4.69, 9.17) is 4.74 Å². The molecule has 2 N–H and O–H groups in total. The van der Waals surface area contributed by atoms with Crippen LogP contribution >= 0.6 is 11.8 Å². The summed E-state index contributed by atoms with van der Waals surface area (Å²) in [7, 11) is -1.36. The molecule has 28 heavy (non-hydrogen) atoms. The minimum Gasteiger partial charge on any atom is -0.497 e. The number of sulfone groups is 1. The molecular formula is C19H19N3O4S2. The van der Waals surface area contributed by atoms with Crippen LogP contribution in [0.2, 0.25) is 0 Å². The SMILES string of the molecule is COc1ccc(NC(=O)c2ccc(NC3=N[C@H]4CS(=O)(=O)C[C@@H]4S3)cc2)cc1. The van der Waals surface area contributed by atoms with Crippen molar-refractivity contribution in [2.45, 2.75) is 11.3 Å². The maximum atomic E-state index is 12.4. The summed E-state index contributed by atoms with van der Waals surface area (Å²) in [6, 6.07) is 14.0. The molecule has 0 bridgehead atoms. The number of anilines is 2.